The average Bonchev–Trinajstić information content (AvgIpc) is 2.30. The lowest BCUT2D eigenvalue weighted by molar-refractivity contribution is -0.142. The zero-order valence-electron chi connectivity index (χ0n) is 11.6. The minimum Gasteiger partial charge on any atom is -0.388 e. The van der Waals surface area contributed by atoms with E-state index in [9.17, 15) is 9.50 Å². The van der Waals surface area contributed by atoms with Crippen molar-refractivity contribution in [3.8, 4) is 0 Å². The number of nitrogens with one attached hydrogen (secondary N) is 1. The number of hydrogen-bond acceptors (Lipinski definition) is 3. The lowest BCUT2D eigenvalue weighted by Crippen LogP contribution is -2.51. The summed E-state index contributed by atoms with van der Waals surface area (Å²) in [7, 11) is 0. The van der Waals surface area contributed by atoms with Crippen LogP contribution in [0.3, 0.4) is 0 Å². The van der Waals surface area contributed by atoms with Gasteiger partial charge in [-0.1, -0.05) is 18.2 Å². The molecule has 0 amide bonds. The Hall–Kier alpha value is -0.970. The first-order valence-corrected chi connectivity index (χ1v) is 6.71. The van der Waals surface area contributed by atoms with E-state index >= 15 is 0 Å². The van der Waals surface area contributed by atoms with Gasteiger partial charge in [0, 0.05) is 31.5 Å². The fourth-order valence-corrected chi connectivity index (χ4v) is 2.67. The molecule has 0 aromatic heterocycles. The van der Waals surface area contributed by atoms with Crippen molar-refractivity contribution in [3.05, 3.63) is 35.6 Å². The molecule has 0 radical (unpaired) electrons. The maximum atomic E-state index is 13.5. The Balaban J connectivity index is 1.87. The van der Waals surface area contributed by atoms with Crippen molar-refractivity contribution in [1.29, 1.82) is 0 Å². The van der Waals surface area contributed by atoms with Crippen LogP contribution in [0.4, 0.5) is 4.39 Å². The summed E-state index contributed by atoms with van der Waals surface area (Å²) in [6, 6.07) is 6.68. The second kappa shape index (κ2) is 5.57. The Morgan fingerprint density at radius 1 is 1.37 bits per heavy atom. The molecule has 1 heterocycles. The molecular weight excluding hydrogens is 245 g/mol. The maximum Gasteiger partial charge on any atom is 0.127 e. The molecule has 4 heteroatoms. The molecule has 2 rings (SSSR count). The fourth-order valence-electron chi connectivity index (χ4n) is 2.67. The minimum atomic E-state index is -0.771. The molecule has 2 N–H and O–H groups in total. The van der Waals surface area contributed by atoms with Gasteiger partial charge >= 0.3 is 0 Å². The summed E-state index contributed by atoms with van der Waals surface area (Å²) >= 11 is 0. The van der Waals surface area contributed by atoms with E-state index in [1.807, 2.05) is 19.9 Å². The topological polar surface area (TPSA) is 41.5 Å². The van der Waals surface area contributed by atoms with Gasteiger partial charge in [0.05, 0.1) is 17.8 Å². The quantitative estimate of drug-likeness (QED) is 0.879. The molecule has 0 bridgehead atoms. The summed E-state index contributed by atoms with van der Waals surface area (Å²) in [6.07, 6.45) is 1.20. The summed E-state index contributed by atoms with van der Waals surface area (Å²) in [5.74, 6) is -0.214. The van der Waals surface area contributed by atoms with E-state index < -0.39 is 5.60 Å². The highest BCUT2D eigenvalue weighted by molar-refractivity contribution is 5.17. The van der Waals surface area contributed by atoms with Gasteiger partial charge in [0.15, 0.2) is 0 Å². The highest BCUT2D eigenvalue weighted by atomic mass is 19.1. The molecule has 1 aliphatic rings. The van der Waals surface area contributed by atoms with Crippen LogP contribution in [0.1, 0.15) is 32.3 Å². The normalized spacial score (nSPS) is 26.3. The number of hydrogen-bond donors (Lipinski definition) is 2. The second-order valence-electron chi connectivity index (χ2n) is 5.95. The summed E-state index contributed by atoms with van der Waals surface area (Å²) in [6.45, 7) is 5.40. The number of benzene rings is 1. The summed E-state index contributed by atoms with van der Waals surface area (Å²) in [5.41, 5.74) is -0.447. The Morgan fingerprint density at radius 3 is 2.79 bits per heavy atom. The van der Waals surface area contributed by atoms with Gasteiger partial charge in [-0.2, -0.15) is 0 Å². The Labute approximate surface area is 113 Å². The van der Waals surface area contributed by atoms with Crippen molar-refractivity contribution in [1.82, 2.24) is 5.32 Å². The van der Waals surface area contributed by atoms with Crippen LogP contribution in [-0.2, 0) is 11.3 Å². The zero-order chi connectivity index (χ0) is 13.9. The van der Waals surface area contributed by atoms with Crippen molar-refractivity contribution >= 4 is 0 Å². The van der Waals surface area contributed by atoms with Crippen LogP contribution < -0.4 is 5.32 Å². The van der Waals surface area contributed by atoms with Crippen LogP contribution in [0, 0.1) is 5.82 Å². The van der Waals surface area contributed by atoms with Gasteiger partial charge in [-0.25, -0.2) is 4.39 Å². The van der Waals surface area contributed by atoms with Gasteiger partial charge < -0.3 is 15.2 Å². The number of ether oxygens (including phenoxy) is 1. The van der Waals surface area contributed by atoms with E-state index in [1.165, 1.54) is 6.07 Å². The molecular formula is C15H22FNO2. The molecule has 1 aromatic carbocycles. The molecule has 1 aliphatic heterocycles. The second-order valence-corrected chi connectivity index (χ2v) is 5.95. The summed E-state index contributed by atoms with van der Waals surface area (Å²) in [5, 5.41) is 13.7. The van der Waals surface area contributed by atoms with E-state index in [2.05, 4.69) is 5.32 Å². The molecule has 1 aromatic rings. The van der Waals surface area contributed by atoms with E-state index in [0.717, 1.165) is 0 Å². The molecule has 0 aliphatic carbocycles. The van der Waals surface area contributed by atoms with E-state index in [1.54, 1.807) is 12.1 Å². The van der Waals surface area contributed by atoms with Crippen LogP contribution in [0.25, 0.3) is 0 Å². The van der Waals surface area contributed by atoms with E-state index in [-0.39, 0.29) is 11.4 Å². The van der Waals surface area contributed by atoms with Crippen molar-refractivity contribution in [2.24, 2.45) is 0 Å². The van der Waals surface area contributed by atoms with Gasteiger partial charge in [0.1, 0.15) is 5.82 Å². The van der Waals surface area contributed by atoms with Crippen molar-refractivity contribution < 1.29 is 14.2 Å². The Bertz CT molecular complexity index is 436. The third-order valence-corrected chi connectivity index (χ3v) is 3.54. The van der Waals surface area contributed by atoms with E-state index in [0.29, 0.717) is 38.1 Å². The molecule has 0 spiro atoms. The maximum absolute atomic E-state index is 13.5. The minimum absolute atomic E-state index is 0.214. The molecule has 1 saturated heterocycles. The van der Waals surface area contributed by atoms with Crippen LogP contribution in [0.15, 0.2) is 24.3 Å². The number of rotatable bonds is 4. The first-order valence-electron chi connectivity index (χ1n) is 6.71. The molecule has 1 atom stereocenters. The first kappa shape index (κ1) is 14.4. The predicted molar refractivity (Wildman–Crippen MR) is 72.3 cm³/mol. The standard InChI is InChI=1S/C15H22FNO2/c1-14(2)10-15(18,7-8-19-14)11-17-9-12-5-3-4-6-13(12)16/h3-6,17-18H,7-11H2,1-2H3/t15-/m1/s1. The summed E-state index contributed by atoms with van der Waals surface area (Å²) in [4.78, 5) is 0. The monoisotopic (exact) mass is 267 g/mol. The van der Waals surface area contributed by atoms with Crippen LogP contribution in [-0.4, -0.2) is 29.5 Å². The predicted octanol–water partition coefficient (Wildman–Crippen LogP) is 2.24. The number of aliphatic hydroxyl groups is 1. The SMILES string of the molecule is CC1(C)C[C@@](O)(CNCc2ccccc2F)CCO1. The third-order valence-electron chi connectivity index (χ3n) is 3.54. The van der Waals surface area contributed by atoms with Gasteiger partial charge in [0.25, 0.3) is 0 Å². The Kier molecular flexibility index (Phi) is 4.23. The Morgan fingerprint density at radius 2 is 2.11 bits per heavy atom. The largest absolute Gasteiger partial charge is 0.388 e. The van der Waals surface area contributed by atoms with Crippen LogP contribution >= 0.6 is 0 Å². The van der Waals surface area contributed by atoms with E-state index in [4.69, 9.17) is 4.74 Å². The summed E-state index contributed by atoms with van der Waals surface area (Å²) < 4.78 is 19.0. The van der Waals surface area contributed by atoms with Crippen molar-refractivity contribution in [2.75, 3.05) is 13.2 Å². The average molecular weight is 267 g/mol. The smallest absolute Gasteiger partial charge is 0.127 e. The highest BCUT2D eigenvalue weighted by Gasteiger charge is 2.38. The van der Waals surface area contributed by atoms with Gasteiger partial charge in [-0.3, -0.25) is 0 Å². The van der Waals surface area contributed by atoms with Crippen molar-refractivity contribution in [3.63, 3.8) is 0 Å². The fraction of sp³-hybridized carbons (Fsp3) is 0.600. The third kappa shape index (κ3) is 4.00. The lowest BCUT2D eigenvalue weighted by atomic mass is 9.84. The van der Waals surface area contributed by atoms with Crippen molar-refractivity contribution in [2.45, 2.75) is 44.4 Å². The van der Waals surface area contributed by atoms with Gasteiger partial charge in [-0.05, 0) is 19.9 Å². The highest BCUT2D eigenvalue weighted by Crippen LogP contribution is 2.31. The molecule has 1 fully saturated rings. The number of halogens is 1. The van der Waals surface area contributed by atoms with Crippen LogP contribution in [0.5, 0.6) is 0 Å². The van der Waals surface area contributed by atoms with Gasteiger partial charge in [-0.15, -0.1) is 0 Å². The van der Waals surface area contributed by atoms with Crippen LogP contribution in [0.2, 0.25) is 0 Å². The molecule has 3 nitrogen and oxygen atoms in total. The molecule has 19 heavy (non-hydrogen) atoms. The molecule has 0 saturated carbocycles. The van der Waals surface area contributed by atoms with Gasteiger partial charge in [0.2, 0.25) is 0 Å². The zero-order valence-corrected chi connectivity index (χ0v) is 11.6. The lowest BCUT2D eigenvalue weighted by Gasteiger charge is -2.41. The molecule has 106 valence electrons. The first-order chi connectivity index (χ1) is 8.90. The molecule has 0 unspecified atom stereocenters.